The SMILES string of the molecule is COc1cc(NCC2(C)COC2)cc(OC)c1. The van der Waals surface area contributed by atoms with Crippen molar-refractivity contribution in [2.75, 3.05) is 39.3 Å². The summed E-state index contributed by atoms with van der Waals surface area (Å²) in [6, 6.07) is 5.79. The van der Waals surface area contributed by atoms with Crippen LogP contribution in [0.15, 0.2) is 18.2 Å². The topological polar surface area (TPSA) is 39.7 Å². The Hall–Kier alpha value is -1.42. The number of ether oxygens (including phenoxy) is 3. The van der Waals surface area contributed by atoms with Crippen molar-refractivity contribution in [2.24, 2.45) is 5.41 Å². The van der Waals surface area contributed by atoms with Crippen molar-refractivity contribution in [2.45, 2.75) is 6.92 Å². The van der Waals surface area contributed by atoms with Crippen molar-refractivity contribution < 1.29 is 14.2 Å². The minimum Gasteiger partial charge on any atom is -0.497 e. The van der Waals surface area contributed by atoms with E-state index in [9.17, 15) is 0 Å². The van der Waals surface area contributed by atoms with Crippen LogP contribution in [0.5, 0.6) is 11.5 Å². The van der Waals surface area contributed by atoms with Gasteiger partial charge in [-0.1, -0.05) is 6.92 Å². The normalized spacial score (nSPS) is 17.1. The van der Waals surface area contributed by atoms with Gasteiger partial charge in [-0.2, -0.15) is 0 Å². The highest BCUT2D eigenvalue weighted by molar-refractivity contribution is 5.53. The van der Waals surface area contributed by atoms with Gasteiger partial charge in [-0.3, -0.25) is 0 Å². The van der Waals surface area contributed by atoms with Crippen molar-refractivity contribution in [1.82, 2.24) is 0 Å². The van der Waals surface area contributed by atoms with E-state index in [1.54, 1.807) is 14.2 Å². The molecule has 4 heteroatoms. The predicted octanol–water partition coefficient (Wildman–Crippen LogP) is 2.15. The van der Waals surface area contributed by atoms with Crippen LogP contribution in [0.1, 0.15) is 6.92 Å². The molecule has 1 saturated heterocycles. The molecule has 94 valence electrons. The smallest absolute Gasteiger partial charge is 0.124 e. The molecule has 0 unspecified atom stereocenters. The van der Waals surface area contributed by atoms with Crippen LogP contribution >= 0.6 is 0 Å². The van der Waals surface area contributed by atoms with E-state index >= 15 is 0 Å². The number of anilines is 1. The summed E-state index contributed by atoms with van der Waals surface area (Å²) in [5.74, 6) is 1.59. The molecule has 1 heterocycles. The molecular weight excluding hydrogens is 218 g/mol. The van der Waals surface area contributed by atoms with Gasteiger partial charge in [0.05, 0.1) is 27.4 Å². The number of nitrogens with one attached hydrogen (secondary N) is 1. The first kappa shape index (κ1) is 12.0. The van der Waals surface area contributed by atoms with E-state index in [1.165, 1.54) is 0 Å². The Bertz CT molecular complexity index is 366. The Morgan fingerprint density at radius 2 is 1.76 bits per heavy atom. The zero-order valence-electron chi connectivity index (χ0n) is 10.6. The molecule has 0 spiro atoms. The van der Waals surface area contributed by atoms with Crippen LogP contribution in [-0.2, 0) is 4.74 Å². The van der Waals surface area contributed by atoms with E-state index in [-0.39, 0.29) is 5.41 Å². The fraction of sp³-hybridized carbons (Fsp3) is 0.538. The standard InChI is InChI=1S/C13H19NO3/c1-13(8-17-9-13)7-14-10-4-11(15-2)6-12(5-10)16-3/h4-6,14H,7-9H2,1-3H3. The Kier molecular flexibility index (Phi) is 3.43. The van der Waals surface area contributed by atoms with Gasteiger partial charge in [0.1, 0.15) is 11.5 Å². The minimum atomic E-state index is 0.246. The Labute approximate surface area is 102 Å². The van der Waals surface area contributed by atoms with Crippen molar-refractivity contribution in [3.8, 4) is 11.5 Å². The number of rotatable bonds is 5. The predicted molar refractivity (Wildman–Crippen MR) is 67.0 cm³/mol. The van der Waals surface area contributed by atoms with Gasteiger partial charge in [0.15, 0.2) is 0 Å². The molecular formula is C13H19NO3. The lowest BCUT2D eigenvalue weighted by atomic mass is 9.89. The highest BCUT2D eigenvalue weighted by atomic mass is 16.5. The quantitative estimate of drug-likeness (QED) is 0.851. The maximum atomic E-state index is 5.23. The third kappa shape index (κ3) is 2.82. The second-order valence-corrected chi connectivity index (χ2v) is 4.76. The number of hydrogen-bond acceptors (Lipinski definition) is 4. The van der Waals surface area contributed by atoms with Crippen molar-refractivity contribution in [3.63, 3.8) is 0 Å². The summed E-state index contributed by atoms with van der Waals surface area (Å²) < 4.78 is 15.7. The molecule has 1 N–H and O–H groups in total. The molecule has 0 radical (unpaired) electrons. The van der Waals surface area contributed by atoms with Crippen LogP contribution < -0.4 is 14.8 Å². The van der Waals surface area contributed by atoms with E-state index in [0.717, 1.165) is 36.9 Å². The lowest BCUT2D eigenvalue weighted by Crippen LogP contribution is -2.45. The molecule has 0 aliphatic carbocycles. The van der Waals surface area contributed by atoms with Crippen molar-refractivity contribution in [1.29, 1.82) is 0 Å². The molecule has 1 aliphatic rings. The maximum absolute atomic E-state index is 5.23. The van der Waals surface area contributed by atoms with Gasteiger partial charge < -0.3 is 19.5 Å². The van der Waals surface area contributed by atoms with Gasteiger partial charge >= 0.3 is 0 Å². The molecule has 4 nitrogen and oxygen atoms in total. The molecule has 2 rings (SSSR count). The van der Waals surface area contributed by atoms with Crippen LogP contribution in [0.3, 0.4) is 0 Å². The highest BCUT2D eigenvalue weighted by Crippen LogP contribution is 2.29. The molecule has 0 atom stereocenters. The first-order valence-electron chi connectivity index (χ1n) is 5.70. The summed E-state index contributed by atoms with van der Waals surface area (Å²) in [4.78, 5) is 0. The lowest BCUT2D eigenvalue weighted by Gasteiger charge is -2.38. The molecule has 1 aromatic carbocycles. The van der Waals surface area contributed by atoms with E-state index in [1.807, 2.05) is 18.2 Å². The van der Waals surface area contributed by atoms with Crippen LogP contribution in [0.2, 0.25) is 0 Å². The number of hydrogen-bond donors (Lipinski definition) is 1. The Balaban J connectivity index is 2.03. The first-order valence-corrected chi connectivity index (χ1v) is 5.70. The van der Waals surface area contributed by atoms with Gasteiger partial charge in [0, 0.05) is 35.8 Å². The van der Waals surface area contributed by atoms with E-state index in [2.05, 4.69) is 12.2 Å². The number of methoxy groups -OCH3 is 2. The number of benzene rings is 1. The van der Waals surface area contributed by atoms with Crippen molar-refractivity contribution in [3.05, 3.63) is 18.2 Å². The summed E-state index contributed by atoms with van der Waals surface area (Å²) in [7, 11) is 3.30. The van der Waals surface area contributed by atoms with Gasteiger partial charge in [0.25, 0.3) is 0 Å². The van der Waals surface area contributed by atoms with E-state index in [4.69, 9.17) is 14.2 Å². The second-order valence-electron chi connectivity index (χ2n) is 4.76. The highest BCUT2D eigenvalue weighted by Gasteiger charge is 2.32. The summed E-state index contributed by atoms with van der Waals surface area (Å²) >= 11 is 0. The first-order chi connectivity index (χ1) is 8.15. The molecule has 0 aromatic heterocycles. The van der Waals surface area contributed by atoms with Crippen LogP contribution in [0.25, 0.3) is 0 Å². The Morgan fingerprint density at radius 1 is 1.18 bits per heavy atom. The monoisotopic (exact) mass is 237 g/mol. The second kappa shape index (κ2) is 4.84. The van der Waals surface area contributed by atoms with Gasteiger partial charge in [-0.25, -0.2) is 0 Å². The Morgan fingerprint density at radius 3 is 2.18 bits per heavy atom. The van der Waals surface area contributed by atoms with Gasteiger partial charge in [-0.05, 0) is 0 Å². The fourth-order valence-corrected chi connectivity index (χ4v) is 1.78. The lowest BCUT2D eigenvalue weighted by molar-refractivity contribution is -0.0924. The molecule has 17 heavy (non-hydrogen) atoms. The fourth-order valence-electron chi connectivity index (χ4n) is 1.78. The van der Waals surface area contributed by atoms with Crippen LogP contribution in [0.4, 0.5) is 5.69 Å². The zero-order chi connectivity index (χ0) is 12.3. The largest absolute Gasteiger partial charge is 0.497 e. The maximum Gasteiger partial charge on any atom is 0.124 e. The van der Waals surface area contributed by atoms with Crippen LogP contribution in [0, 0.1) is 5.41 Å². The third-order valence-electron chi connectivity index (χ3n) is 2.97. The summed E-state index contributed by atoms with van der Waals surface area (Å²) in [5.41, 5.74) is 1.25. The molecule has 1 aliphatic heterocycles. The van der Waals surface area contributed by atoms with E-state index < -0.39 is 0 Å². The molecule has 1 aromatic rings. The van der Waals surface area contributed by atoms with Gasteiger partial charge in [0.2, 0.25) is 0 Å². The van der Waals surface area contributed by atoms with Gasteiger partial charge in [-0.15, -0.1) is 0 Å². The minimum absolute atomic E-state index is 0.246. The molecule has 1 fully saturated rings. The molecule has 0 amide bonds. The summed E-state index contributed by atoms with van der Waals surface area (Å²) in [6.07, 6.45) is 0. The van der Waals surface area contributed by atoms with E-state index in [0.29, 0.717) is 0 Å². The summed E-state index contributed by atoms with van der Waals surface area (Å²) in [5, 5.41) is 3.40. The molecule has 0 bridgehead atoms. The third-order valence-corrected chi connectivity index (χ3v) is 2.97. The zero-order valence-corrected chi connectivity index (χ0v) is 10.6. The average Bonchev–Trinajstić information content (AvgIpc) is 2.33. The molecule has 0 saturated carbocycles. The van der Waals surface area contributed by atoms with Crippen LogP contribution in [-0.4, -0.2) is 34.0 Å². The average molecular weight is 237 g/mol. The van der Waals surface area contributed by atoms with Crippen molar-refractivity contribution >= 4 is 5.69 Å². The summed E-state index contributed by atoms with van der Waals surface area (Å²) in [6.45, 7) is 4.74.